The molecule has 160 valence electrons. The lowest BCUT2D eigenvalue weighted by Gasteiger charge is -2.28. The van der Waals surface area contributed by atoms with Gasteiger partial charge in [0.05, 0.1) is 6.42 Å². The summed E-state index contributed by atoms with van der Waals surface area (Å²) in [5.74, 6) is -2.65. The van der Waals surface area contributed by atoms with Crippen LogP contribution in [0.1, 0.15) is 45.1 Å². The molecule has 8 heteroatoms. The third-order valence-corrected chi connectivity index (χ3v) is 4.83. The highest BCUT2D eigenvalue weighted by molar-refractivity contribution is 5.92. The van der Waals surface area contributed by atoms with Crippen LogP contribution in [0.2, 0.25) is 0 Å². The van der Waals surface area contributed by atoms with Gasteiger partial charge in [-0.15, -0.1) is 0 Å². The fourth-order valence-corrected chi connectivity index (χ4v) is 3.05. The number of aryl methyl sites for hydroxylation is 1. The number of ketones is 1. The van der Waals surface area contributed by atoms with Crippen LogP contribution >= 0.6 is 0 Å². The number of phenolic OH excluding ortho intramolecular Hbond substituents is 1. The van der Waals surface area contributed by atoms with Gasteiger partial charge in [-0.25, -0.2) is 0 Å². The Labute approximate surface area is 170 Å². The Morgan fingerprint density at radius 3 is 2.24 bits per heavy atom. The van der Waals surface area contributed by atoms with Crippen LogP contribution in [0.5, 0.6) is 5.75 Å². The van der Waals surface area contributed by atoms with Crippen molar-refractivity contribution in [3.63, 3.8) is 0 Å². The van der Waals surface area contributed by atoms with E-state index >= 15 is 0 Å². The standard InChI is InChI=1S/C21H30N2O6/c1-4-16(21(29)23(3)18(14(2)24)13-20(27)28)12-19(26)22-11-5-6-15-7-9-17(25)10-8-15/h7-10,16,18,25H,4-6,11-13H2,1-3H3,(H,22,26)(H,27,28). The molecule has 0 radical (unpaired) electrons. The molecule has 1 aromatic rings. The number of amides is 2. The summed E-state index contributed by atoms with van der Waals surface area (Å²) in [7, 11) is 1.40. The van der Waals surface area contributed by atoms with E-state index in [2.05, 4.69) is 5.32 Å². The molecule has 0 saturated carbocycles. The number of carboxylic acid groups (broad SMARTS) is 1. The van der Waals surface area contributed by atoms with Crippen molar-refractivity contribution >= 4 is 23.6 Å². The van der Waals surface area contributed by atoms with Crippen molar-refractivity contribution in [2.75, 3.05) is 13.6 Å². The second kappa shape index (κ2) is 11.8. The van der Waals surface area contributed by atoms with Crippen LogP contribution < -0.4 is 5.32 Å². The Bertz CT molecular complexity index is 716. The lowest BCUT2D eigenvalue weighted by molar-refractivity contribution is -0.147. The molecule has 0 aromatic heterocycles. The van der Waals surface area contributed by atoms with E-state index in [4.69, 9.17) is 5.11 Å². The summed E-state index contributed by atoms with van der Waals surface area (Å²) in [5, 5.41) is 21.0. The average Bonchev–Trinajstić information content (AvgIpc) is 2.67. The van der Waals surface area contributed by atoms with Gasteiger partial charge >= 0.3 is 5.97 Å². The van der Waals surface area contributed by atoms with Crippen molar-refractivity contribution in [2.45, 2.75) is 52.0 Å². The summed E-state index contributed by atoms with van der Waals surface area (Å²) < 4.78 is 0. The summed E-state index contributed by atoms with van der Waals surface area (Å²) in [6, 6.07) is 5.83. The smallest absolute Gasteiger partial charge is 0.305 e. The van der Waals surface area contributed by atoms with Crippen molar-refractivity contribution in [2.24, 2.45) is 5.92 Å². The van der Waals surface area contributed by atoms with Gasteiger partial charge in [0, 0.05) is 25.9 Å². The summed E-state index contributed by atoms with van der Waals surface area (Å²) in [6.45, 7) is 3.48. The first kappa shape index (κ1) is 24.1. The molecule has 1 rings (SSSR count). The first-order valence-corrected chi connectivity index (χ1v) is 9.69. The molecule has 0 heterocycles. The Hall–Kier alpha value is -2.90. The lowest BCUT2D eigenvalue weighted by Crippen LogP contribution is -2.46. The van der Waals surface area contributed by atoms with Gasteiger partial charge in [-0.2, -0.15) is 0 Å². The van der Waals surface area contributed by atoms with E-state index in [0.29, 0.717) is 19.4 Å². The molecule has 8 nitrogen and oxygen atoms in total. The van der Waals surface area contributed by atoms with Gasteiger partial charge < -0.3 is 20.4 Å². The molecule has 2 unspecified atom stereocenters. The predicted octanol–water partition coefficient (Wildman–Crippen LogP) is 1.75. The first-order chi connectivity index (χ1) is 13.6. The summed E-state index contributed by atoms with van der Waals surface area (Å²) in [5.41, 5.74) is 1.05. The number of benzene rings is 1. The molecule has 0 aliphatic heterocycles. The van der Waals surface area contributed by atoms with E-state index < -0.39 is 36.0 Å². The maximum atomic E-state index is 12.7. The van der Waals surface area contributed by atoms with Crippen LogP contribution in [0, 0.1) is 5.92 Å². The zero-order valence-corrected chi connectivity index (χ0v) is 17.2. The normalized spacial score (nSPS) is 12.7. The number of carboxylic acids is 1. The Kier molecular flexibility index (Phi) is 9.85. The number of hydrogen-bond acceptors (Lipinski definition) is 5. The summed E-state index contributed by atoms with van der Waals surface area (Å²) in [4.78, 5) is 48.7. The molecule has 0 aliphatic rings. The number of nitrogens with one attached hydrogen (secondary N) is 1. The molecule has 0 aliphatic carbocycles. The number of likely N-dealkylation sites (N-methyl/N-ethyl adjacent to an activating group) is 1. The minimum absolute atomic E-state index is 0.0173. The second-order valence-corrected chi connectivity index (χ2v) is 7.10. The third kappa shape index (κ3) is 8.33. The first-order valence-electron chi connectivity index (χ1n) is 9.69. The molecule has 3 N–H and O–H groups in total. The van der Waals surface area contributed by atoms with Gasteiger partial charge in [0.25, 0.3) is 0 Å². The van der Waals surface area contributed by atoms with Crippen molar-refractivity contribution < 1.29 is 29.4 Å². The molecule has 0 spiro atoms. The third-order valence-electron chi connectivity index (χ3n) is 4.83. The van der Waals surface area contributed by atoms with Crippen LogP contribution in [0.15, 0.2) is 24.3 Å². The maximum Gasteiger partial charge on any atom is 0.305 e. The molecule has 0 saturated heterocycles. The Morgan fingerprint density at radius 1 is 1.10 bits per heavy atom. The second-order valence-electron chi connectivity index (χ2n) is 7.10. The van der Waals surface area contributed by atoms with Gasteiger partial charge in [-0.05, 0) is 43.9 Å². The van der Waals surface area contributed by atoms with Crippen LogP contribution in [-0.4, -0.2) is 58.3 Å². The summed E-state index contributed by atoms with van der Waals surface area (Å²) in [6.07, 6.45) is 1.39. The van der Waals surface area contributed by atoms with E-state index in [0.717, 1.165) is 16.9 Å². The highest BCUT2D eigenvalue weighted by Crippen LogP contribution is 2.16. The molecule has 2 atom stereocenters. The van der Waals surface area contributed by atoms with E-state index in [9.17, 15) is 24.3 Å². The van der Waals surface area contributed by atoms with Crippen molar-refractivity contribution in [3.8, 4) is 5.75 Å². The highest BCUT2D eigenvalue weighted by Gasteiger charge is 2.31. The molecule has 0 bridgehead atoms. The zero-order chi connectivity index (χ0) is 22.0. The topological polar surface area (TPSA) is 124 Å². The number of rotatable bonds is 12. The van der Waals surface area contributed by atoms with Crippen molar-refractivity contribution in [3.05, 3.63) is 29.8 Å². The van der Waals surface area contributed by atoms with E-state index in [1.807, 2.05) is 12.1 Å². The number of nitrogens with zero attached hydrogens (tertiary/aromatic N) is 1. The van der Waals surface area contributed by atoms with Crippen LogP contribution in [0.3, 0.4) is 0 Å². The number of carbonyl (C=O) groups is 4. The fraction of sp³-hybridized carbons (Fsp3) is 0.524. The minimum Gasteiger partial charge on any atom is -0.508 e. The molecule has 0 fully saturated rings. The van der Waals surface area contributed by atoms with E-state index in [1.165, 1.54) is 14.0 Å². The van der Waals surface area contributed by atoms with Crippen LogP contribution in [0.4, 0.5) is 0 Å². The Balaban J connectivity index is 2.51. The molecular weight excluding hydrogens is 376 g/mol. The van der Waals surface area contributed by atoms with Gasteiger partial charge in [-0.1, -0.05) is 19.1 Å². The van der Waals surface area contributed by atoms with Gasteiger partial charge in [-0.3, -0.25) is 19.2 Å². The average molecular weight is 406 g/mol. The highest BCUT2D eigenvalue weighted by atomic mass is 16.4. The number of phenols is 1. The molecule has 29 heavy (non-hydrogen) atoms. The van der Waals surface area contributed by atoms with Gasteiger partial charge in [0.2, 0.25) is 11.8 Å². The van der Waals surface area contributed by atoms with Gasteiger partial charge in [0.15, 0.2) is 5.78 Å². The van der Waals surface area contributed by atoms with Crippen molar-refractivity contribution in [1.29, 1.82) is 0 Å². The quantitative estimate of drug-likeness (QED) is 0.454. The lowest BCUT2D eigenvalue weighted by atomic mass is 9.98. The largest absolute Gasteiger partial charge is 0.508 e. The minimum atomic E-state index is -1.16. The molecule has 2 amide bonds. The monoisotopic (exact) mass is 406 g/mol. The zero-order valence-electron chi connectivity index (χ0n) is 17.2. The molecular formula is C21H30N2O6. The Morgan fingerprint density at radius 2 is 1.72 bits per heavy atom. The number of aliphatic carboxylic acids is 1. The number of aromatic hydroxyl groups is 1. The van der Waals surface area contributed by atoms with E-state index in [1.54, 1.807) is 19.1 Å². The number of carbonyl (C=O) groups excluding carboxylic acids is 3. The van der Waals surface area contributed by atoms with E-state index in [-0.39, 0.29) is 18.1 Å². The number of hydrogen-bond donors (Lipinski definition) is 3. The summed E-state index contributed by atoms with van der Waals surface area (Å²) >= 11 is 0. The predicted molar refractivity (Wildman–Crippen MR) is 107 cm³/mol. The van der Waals surface area contributed by atoms with Crippen molar-refractivity contribution in [1.82, 2.24) is 10.2 Å². The van der Waals surface area contributed by atoms with Gasteiger partial charge in [0.1, 0.15) is 11.8 Å². The maximum absolute atomic E-state index is 12.7. The van der Waals surface area contributed by atoms with Crippen LogP contribution in [0.25, 0.3) is 0 Å². The fourth-order valence-electron chi connectivity index (χ4n) is 3.05. The number of Topliss-reactive ketones (excluding diaryl/α,β-unsaturated/α-hetero) is 1. The molecule has 1 aromatic carbocycles. The SMILES string of the molecule is CCC(CC(=O)NCCCc1ccc(O)cc1)C(=O)N(C)C(CC(=O)O)C(C)=O. The van der Waals surface area contributed by atoms with Crippen LogP contribution in [-0.2, 0) is 25.6 Å².